The Hall–Kier alpha value is -1.73. The molecule has 2 aromatic rings. The van der Waals surface area contributed by atoms with Crippen molar-refractivity contribution >= 4 is 44.7 Å². The summed E-state index contributed by atoms with van der Waals surface area (Å²) in [5.74, 6) is -0.224. The van der Waals surface area contributed by atoms with Gasteiger partial charge in [-0.05, 0) is 32.0 Å². The SMILES string of the molecule is Cc1nn(C)c(C)c1C(=O)Nc1ccc(Br)cc1C(N)=S. The predicted molar refractivity (Wildman–Crippen MR) is 90.7 cm³/mol. The fourth-order valence-corrected chi connectivity index (χ4v) is 2.65. The second-order valence-corrected chi connectivity index (χ2v) is 6.03. The van der Waals surface area contributed by atoms with Gasteiger partial charge in [-0.15, -0.1) is 0 Å². The summed E-state index contributed by atoms with van der Waals surface area (Å²) in [6.45, 7) is 3.66. The van der Waals surface area contributed by atoms with Crippen LogP contribution in [-0.2, 0) is 7.05 Å². The van der Waals surface area contributed by atoms with Gasteiger partial charge < -0.3 is 11.1 Å². The quantitative estimate of drug-likeness (QED) is 0.819. The first-order valence-corrected chi connectivity index (χ1v) is 7.42. The third kappa shape index (κ3) is 3.14. The maximum atomic E-state index is 12.5. The summed E-state index contributed by atoms with van der Waals surface area (Å²) in [5, 5.41) is 7.09. The first kappa shape index (κ1) is 15.7. The van der Waals surface area contributed by atoms with E-state index in [0.717, 1.165) is 10.2 Å². The molecule has 0 aliphatic heterocycles. The van der Waals surface area contributed by atoms with Gasteiger partial charge in [0.1, 0.15) is 4.99 Å². The number of carbonyl (C=O) groups excluding carboxylic acids is 1. The second-order valence-electron chi connectivity index (χ2n) is 4.68. The average molecular weight is 367 g/mol. The number of aryl methyl sites for hydroxylation is 2. The molecule has 1 heterocycles. The summed E-state index contributed by atoms with van der Waals surface area (Å²) in [6.07, 6.45) is 0. The standard InChI is InChI=1S/C14H15BrN4OS/c1-7-12(8(2)19(3)18-7)14(20)17-11-5-4-9(15)6-10(11)13(16)21/h4-6H,1-3H3,(H2,16,21)(H,17,20). The number of aromatic nitrogens is 2. The van der Waals surface area contributed by atoms with Crippen LogP contribution in [-0.4, -0.2) is 20.7 Å². The van der Waals surface area contributed by atoms with Gasteiger partial charge in [-0.25, -0.2) is 0 Å². The maximum Gasteiger partial charge on any atom is 0.259 e. The number of carbonyl (C=O) groups is 1. The van der Waals surface area contributed by atoms with E-state index in [1.165, 1.54) is 0 Å². The summed E-state index contributed by atoms with van der Waals surface area (Å²) in [5.41, 5.74) is 8.95. The average Bonchev–Trinajstić information content (AvgIpc) is 2.65. The minimum Gasteiger partial charge on any atom is -0.389 e. The van der Waals surface area contributed by atoms with Crippen molar-refractivity contribution in [3.05, 3.63) is 45.2 Å². The van der Waals surface area contributed by atoms with Crippen LogP contribution < -0.4 is 11.1 Å². The van der Waals surface area contributed by atoms with Crippen molar-refractivity contribution < 1.29 is 4.79 Å². The fourth-order valence-electron chi connectivity index (χ4n) is 2.12. The number of halogens is 1. The third-order valence-corrected chi connectivity index (χ3v) is 3.94. The Morgan fingerprint density at radius 3 is 2.62 bits per heavy atom. The topological polar surface area (TPSA) is 72.9 Å². The van der Waals surface area contributed by atoms with Gasteiger partial charge in [-0.1, -0.05) is 28.1 Å². The molecule has 0 unspecified atom stereocenters. The normalized spacial score (nSPS) is 10.5. The monoisotopic (exact) mass is 366 g/mol. The molecule has 0 aliphatic carbocycles. The summed E-state index contributed by atoms with van der Waals surface area (Å²) in [6, 6.07) is 5.36. The summed E-state index contributed by atoms with van der Waals surface area (Å²) in [4.78, 5) is 12.7. The molecule has 1 aromatic carbocycles. The zero-order chi connectivity index (χ0) is 15.7. The molecule has 0 bridgehead atoms. The Morgan fingerprint density at radius 2 is 2.10 bits per heavy atom. The molecule has 21 heavy (non-hydrogen) atoms. The Labute approximate surface area is 136 Å². The zero-order valence-corrected chi connectivity index (χ0v) is 14.3. The van der Waals surface area contributed by atoms with E-state index in [1.807, 2.05) is 13.0 Å². The van der Waals surface area contributed by atoms with Gasteiger partial charge in [-0.2, -0.15) is 5.10 Å². The number of amides is 1. The number of anilines is 1. The number of nitrogens with zero attached hydrogens (tertiary/aromatic N) is 2. The molecule has 2 rings (SSSR count). The van der Waals surface area contributed by atoms with Crippen LogP contribution in [0.1, 0.15) is 27.3 Å². The van der Waals surface area contributed by atoms with E-state index >= 15 is 0 Å². The highest BCUT2D eigenvalue weighted by molar-refractivity contribution is 9.10. The number of benzene rings is 1. The van der Waals surface area contributed by atoms with E-state index in [0.29, 0.717) is 22.5 Å². The molecule has 110 valence electrons. The molecule has 3 N–H and O–H groups in total. The van der Waals surface area contributed by atoms with Crippen LogP contribution in [0.4, 0.5) is 5.69 Å². The highest BCUT2D eigenvalue weighted by Crippen LogP contribution is 2.22. The Balaban J connectivity index is 2.38. The summed E-state index contributed by atoms with van der Waals surface area (Å²) >= 11 is 8.38. The van der Waals surface area contributed by atoms with Gasteiger partial charge in [0.25, 0.3) is 5.91 Å². The van der Waals surface area contributed by atoms with Crippen molar-refractivity contribution in [3.8, 4) is 0 Å². The molecule has 0 spiro atoms. The molecule has 0 aliphatic rings. The number of hydrogen-bond acceptors (Lipinski definition) is 3. The largest absolute Gasteiger partial charge is 0.389 e. The van der Waals surface area contributed by atoms with Crippen LogP contribution in [0.3, 0.4) is 0 Å². The number of hydrogen-bond donors (Lipinski definition) is 2. The lowest BCUT2D eigenvalue weighted by Crippen LogP contribution is -2.18. The number of nitrogens with one attached hydrogen (secondary N) is 1. The van der Waals surface area contributed by atoms with Gasteiger partial charge in [0.05, 0.1) is 16.9 Å². The fraction of sp³-hybridized carbons (Fsp3) is 0.214. The van der Waals surface area contributed by atoms with Crippen molar-refractivity contribution in [2.75, 3.05) is 5.32 Å². The van der Waals surface area contributed by atoms with Crippen LogP contribution in [0.5, 0.6) is 0 Å². The van der Waals surface area contributed by atoms with Crippen LogP contribution >= 0.6 is 28.1 Å². The van der Waals surface area contributed by atoms with Gasteiger partial charge in [0.2, 0.25) is 0 Å². The number of nitrogens with two attached hydrogens (primary N) is 1. The lowest BCUT2D eigenvalue weighted by Gasteiger charge is -2.11. The highest BCUT2D eigenvalue weighted by Gasteiger charge is 2.18. The Morgan fingerprint density at radius 1 is 1.43 bits per heavy atom. The lowest BCUT2D eigenvalue weighted by atomic mass is 10.1. The Kier molecular flexibility index (Phi) is 4.43. The maximum absolute atomic E-state index is 12.5. The van der Waals surface area contributed by atoms with E-state index in [1.54, 1.807) is 30.8 Å². The molecule has 0 atom stereocenters. The van der Waals surface area contributed by atoms with E-state index < -0.39 is 0 Å². The van der Waals surface area contributed by atoms with E-state index in [2.05, 4.69) is 26.3 Å². The van der Waals surface area contributed by atoms with Crippen molar-refractivity contribution in [1.29, 1.82) is 0 Å². The molecular formula is C14H15BrN4OS. The van der Waals surface area contributed by atoms with E-state index in [-0.39, 0.29) is 10.9 Å². The van der Waals surface area contributed by atoms with Gasteiger partial charge in [-0.3, -0.25) is 9.48 Å². The predicted octanol–water partition coefficient (Wildman–Crippen LogP) is 2.69. The van der Waals surface area contributed by atoms with Crippen molar-refractivity contribution in [2.24, 2.45) is 12.8 Å². The minimum atomic E-state index is -0.224. The smallest absolute Gasteiger partial charge is 0.259 e. The Bertz CT molecular complexity index is 739. The first-order valence-electron chi connectivity index (χ1n) is 6.22. The third-order valence-electron chi connectivity index (χ3n) is 3.23. The molecule has 0 saturated heterocycles. The highest BCUT2D eigenvalue weighted by atomic mass is 79.9. The van der Waals surface area contributed by atoms with E-state index in [4.69, 9.17) is 18.0 Å². The summed E-state index contributed by atoms with van der Waals surface area (Å²) < 4.78 is 2.53. The second kappa shape index (κ2) is 5.95. The molecule has 5 nitrogen and oxygen atoms in total. The molecule has 1 aromatic heterocycles. The van der Waals surface area contributed by atoms with E-state index in [9.17, 15) is 4.79 Å². The molecule has 0 radical (unpaired) electrons. The molecule has 1 amide bonds. The van der Waals surface area contributed by atoms with Crippen LogP contribution in [0.25, 0.3) is 0 Å². The van der Waals surface area contributed by atoms with Crippen molar-refractivity contribution in [2.45, 2.75) is 13.8 Å². The van der Waals surface area contributed by atoms with Gasteiger partial charge in [0, 0.05) is 22.8 Å². The van der Waals surface area contributed by atoms with Crippen molar-refractivity contribution in [3.63, 3.8) is 0 Å². The zero-order valence-electron chi connectivity index (χ0n) is 11.9. The number of rotatable bonds is 3. The van der Waals surface area contributed by atoms with Crippen molar-refractivity contribution in [1.82, 2.24) is 9.78 Å². The number of thiocarbonyl (C=S) groups is 1. The minimum absolute atomic E-state index is 0.224. The first-order chi connectivity index (χ1) is 9.81. The van der Waals surface area contributed by atoms with Crippen LogP contribution in [0.2, 0.25) is 0 Å². The molecule has 0 fully saturated rings. The molecule has 7 heteroatoms. The van der Waals surface area contributed by atoms with Crippen LogP contribution in [0.15, 0.2) is 22.7 Å². The van der Waals surface area contributed by atoms with Gasteiger partial charge in [0.15, 0.2) is 0 Å². The van der Waals surface area contributed by atoms with Gasteiger partial charge >= 0.3 is 0 Å². The lowest BCUT2D eigenvalue weighted by molar-refractivity contribution is 0.102. The van der Waals surface area contributed by atoms with Crippen LogP contribution in [0, 0.1) is 13.8 Å². The molecule has 0 saturated carbocycles. The summed E-state index contributed by atoms with van der Waals surface area (Å²) in [7, 11) is 1.80. The molecular weight excluding hydrogens is 352 g/mol.